The van der Waals surface area contributed by atoms with Crippen molar-refractivity contribution in [2.75, 3.05) is 48.3 Å². The molecule has 0 saturated heterocycles. The molecule has 0 saturated carbocycles. The van der Waals surface area contributed by atoms with Gasteiger partial charge in [0.25, 0.3) is 21.9 Å². The number of carboxylic acids is 2. The summed E-state index contributed by atoms with van der Waals surface area (Å²) in [7, 11) is -18.5. The number of carbonyl (C=O) groups is 8. The number of hydrogen-bond donors (Lipinski definition) is 19. The molecule has 113 heavy (non-hydrogen) atoms. The van der Waals surface area contributed by atoms with E-state index in [0.717, 1.165) is 17.3 Å². The minimum Gasteiger partial charge on any atom is -0.480 e. The van der Waals surface area contributed by atoms with Gasteiger partial charge in [0.1, 0.15) is 41.0 Å². The number of imidazole rings is 2. The highest BCUT2D eigenvalue weighted by Gasteiger charge is 2.34. The summed E-state index contributed by atoms with van der Waals surface area (Å²) < 4.78 is 126. The fraction of sp³-hybridized carbons (Fsp3) is 0.371. The molecule has 8 aromatic rings. The maximum absolute atomic E-state index is 14.1. The smallest absolute Gasteiger partial charge is 0.323 e. The van der Waals surface area contributed by atoms with Crippen molar-refractivity contribution in [3.05, 3.63) is 174 Å². The SMILES string of the molecule is C.Cc1cc(C)c(S(=O)(=O)N[C@@H](CNC(=O)c2cn(CCCNC(=O)[C@H](CS(O)(O)O)NC(=O)CC[C@H](N)C(=O)N[C@@H](CS(=O)(=O)O)C(=O)NCCCn3cc(C(=O)NC[C@H](NS(=O)(=O)c4c(C)cc(C)cc4C)C(=O)O)c(=O)c4ccc(CNc5ncc[nH]5)cc43)c3cc(CNc4ncc[nH]4)ccc3c2=O)C(=O)O)c(C)c1. The molecule has 0 spiro atoms. The highest BCUT2D eigenvalue weighted by atomic mass is 32.3. The number of carbonyl (C=O) groups excluding carboxylic acids is 6. The first kappa shape index (κ1) is 89.2. The summed E-state index contributed by atoms with van der Waals surface area (Å²) in [6, 6.07) is 6.31. The summed E-state index contributed by atoms with van der Waals surface area (Å²) in [6.45, 7) is 7.65. The van der Waals surface area contributed by atoms with Crippen LogP contribution < -0.4 is 68.6 Å². The average Bonchev–Trinajstić information content (AvgIpc) is 1.35. The number of aliphatic carboxylic acids is 2. The molecule has 4 aromatic carbocycles. The van der Waals surface area contributed by atoms with Crippen molar-refractivity contribution in [2.24, 2.45) is 5.73 Å². The number of amides is 6. The van der Waals surface area contributed by atoms with Gasteiger partial charge in [0.05, 0.1) is 43.5 Å². The van der Waals surface area contributed by atoms with Crippen LogP contribution in [-0.4, -0.2) is 198 Å². The number of nitrogens with two attached hydrogens (primary N) is 1. The van der Waals surface area contributed by atoms with Gasteiger partial charge in [-0.25, -0.2) is 26.8 Å². The van der Waals surface area contributed by atoms with Gasteiger partial charge in [0, 0.05) is 107 Å². The summed E-state index contributed by atoms with van der Waals surface area (Å²) in [4.78, 5) is 149. The van der Waals surface area contributed by atoms with Gasteiger partial charge >= 0.3 is 11.9 Å². The van der Waals surface area contributed by atoms with E-state index in [0.29, 0.717) is 45.3 Å². The number of carboxylic acid groups (broad SMARTS) is 2. The number of hydrogen-bond acceptors (Lipinski definition) is 24. The lowest BCUT2D eigenvalue weighted by Gasteiger charge is -2.26. The fourth-order valence-corrected chi connectivity index (χ4v) is 17.0. The summed E-state index contributed by atoms with van der Waals surface area (Å²) in [5.74, 6) is -11.7. The molecule has 4 heterocycles. The van der Waals surface area contributed by atoms with Gasteiger partial charge in [-0.3, -0.25) is 52.5 Å². The number of anilines is 2. The van der Waals surface area contributed by atoms with E-state index in [2.05, 4.69) is 71.9 Å². The van der Waals surface area contributed by atoms with Crippen molar-refractivity contribution >= 4 is 122 Å². The second-order valence-electron chi connectivity index (χ2n) is 26.5. The zero-order valence-corrected chi connectivity index (χ0v) is 64.5. The maximum atomic E-state index is 14.1. The molecule has 0 bridgehead atoms. The minimum atomic E-state index is -5.04. The first-order valence-corrected chi connectivity index (χ1v) is 40.7. The van der Waals surface area contributed by atoms with Gasteiger partial charge in [-0.2, -0.15) is 17.9 Å². The van der Waals surface area contributed by atoms with E-state index in [-0.39, 0.29) is 91.1 Å². The first-order chi connectivity index (χ1) is 52.6. The van der Waals surface area contributed by atoms with Crippen LogP contribution in [0.2, 0.25) is 0 Å². The normalized spacial score (nSPS) is 13.3. The molecule has 20 N–H and O–H groups in total. The van der Waals surface area contributed by atoms with Crippen molar-refractivity contribution < 1.29 is 92.0 Å². The third kappa shape index (κ3) is 24.7. The van der Waals surface area contributed by atoms with Crippen molar-refractivity contribution in [3.8, 4) is 0 Å². The third-order valence-corrected chi connectivity index (χ3v) is 22.5. The third-order valence-electron chi connectivity index (χ3n) is 17.4. The van der Waals surface area contributed by atoms with Gasteiger partial charge in [0.2, 0.25) is 54.5 Å². The van der Waals surface area contributed by atoms with E-state index in [1.807, 2.05) is 0 Å². The lowest BCUT2D eigenvalue weighted by atomic mass is 10.1. The lowest BCUT2D eigenvalue weighted by molar-refractivity contribution is -0.139. The van der Waals surface area contributed by atoms with Crippen molar-refractivity contribution in [2.45, 2.75) is 141 Å². The van der Waals surface area contributed by atoms with E-state index in [9.17, 15) is 102 Å². The molecule has 43 heteroatoms. The molecule has 0 fully saturated rings. The largest absolute Gasteiger partial charge is 0.480 e. The van der Waals surface area contributed by atoms with E-state index in [4.69, 9.17) is 5.73 Å². The van der Waals surface area contributed by atoms with E-state index in [1.54, 1.807) is 88.6 Å². The zero-order chi connectivity index (χ0) is 82.3. The van der Waals surface area contributed by atoms with Gasteiger partial charge in [-0.15, -0.1) is 0 Å². The molecule has 0 radical (unpaired) electrons. The molecule has 39 nitrogen and oxygen atoms in total. The predicted molar refractivity (Wildman–Crippen MR) is 418 cm³/mol. The average molecular weight is 1650 g/mol. The van der Waals surface area contributed by atoms with Crippen LogP contribution in [0, 0.1) is 41.5 Å². The second kappa shape index (κ2) is 38.5. The Morgan fingerprint density at radius 2 is 0.929 bits per heavy atom. The second-order valence-corrected chi connectivity index (χ2v) is 32.9. The van der Waals surface area contributed by atoms with Crippen molar-refractivity contribution in [1.29, 1.82) is 0 Å². The summed E-state index contributed by atoms with van der Waals surface area (Å²) in [5.41, 5.74) is 8.19. The Morgan fingerprint density at radius 1 is 0.531 bits per heavy atom. The van der Waals surface area contributed by atoms with E-state index < -0.39 is 178 Å². The van der Waals surface area contributed by atoms with Crippen LogP contribution in [0.3, 0.4) is 0 Å². The molecule has 0 unspecified atom stereocenters. The molecule has 0 aliphatic carbocycles. The van der Waals surface area contributed by atoms with Crippen LogP contribution in [0.25, 0.3) is 21.8 Å². The molecule has 0 aliphatic heterocycles. The molecule has 4 aromatic heterocycles. The summed E-state index contributed by atoms with van der Waals surface area (Å²) in [5, 5.41) is 40.3. The maximum Gasteiger partial charge on any atom is 0.323 e. The van der Waals surface area contributed by atoms with Gasteiger partial charge in [-0.05, 0) is 118 Å². The fourth-order valence-electron chi connectivity index (χ4n) is 12.4. The van der Waals surface area contributed by atoms with Crippen molar-refractivity contribution in [1.82, 2.24) is 70.4 Å². The molecular weight excluding hydrogens is 1560 g/mol. The van der Waals surface area contributed by atoms with Crippen LogP contribution in [0.4, 0.5) is 11.9 Å². The number of aryl methyl sites for hydroxylation is 8. The molecular formula is C70H91N17O22S4. The number of nitrogens with zero attached hydrogens (tertiary/aromatic N) is 4. The number of nitrogens with one attached hydrogen (secondary N) is 12. The molecule has 0 aliphatic rings. The Balaban J connectivity index is 0.0000177. The zero-order valence-electron chi connectivity index (χ0n) is 61.2. The van der Waals surface area contributed by atoms with Crippen LogP contribution in [0.5, 0.6) is 0 Å². The minimum absolute atomic E-state index is 0. The van der Waals surface area contributed by atoms with Crippen molar-refractivity contribution in [3.63, 3.8) is 0 Å². The Labute approximate surface area is 649 Å². The number of benzene rings is 4. The van der Waals surface area contributed by atoms with E-state index in [1.165, 1.54) is 53.7 Å². The number of aromatic amines is 2. The quantitative estimate of drug-likeness (QED) is 0.0192. The summed E-state index contributed by atoms with van der Waals surface area (Å²) in [6.07, 6.45) is 7.18. The number of fused-ring (bicyclic) bond motifs is 2. The predicted octanol–water partition coefficient (Wildman–Crippen LogP) is 1.70. The Kier molecular flexibility index (Phi) is 30.4. The first-order valence-electron chi connectivity index (χ1n) is 34.4. The van der Waals surface area contributed by atoms with E-state index >= 15 is 0 Å². The van der Waals surface area contributed by atoms with Crippen LogP contribution in [-0.2, 0) is 85.1 Å². The number of sulfonamides is 2. The number of H-pyrrole nitrogens is 2. The Morgan fingerprint density at radius 3 is 1.29 bits per heavy atom. The standard InChI is InChI=1S/C69H87N17O22S4.CH4/c1-37-23-39(3)59(40(4)24-37)111(105,106)83-50(66(95)96)31-77-61(90)47-33-85(54-27-43(9-11-45(54)57(47)88)29-79-68-73-17-18-74-68)21-7-15-71-64(93)52(35-109(99,100)101)81-56(87)14-13-49(70)63(92)82-53(36-110(102,103)104)65(94)72-16-8-22-86-34-48(58(89)46-12-10-44(28-55(46)86)30-80-69-75-19-20-76-69)62(91)78-32-51(67(97)98)84-112(107,108)60-41(5)25-38(2)26-42(60)6;/h9-12,17-20,23-28,33-34,49-53,83-84,99-101H,7-8,13-16,21-22,29-32,35-36,70H2,1-6H3,(H,71,93)(H,72,94)(H,77,90)(H,78,91)(H,81,87)(H,82,92)(H,95,96)(H,97,98)(H2,73,74,79)(H2,75,76,80)(H,102,103,104);1H4/t49-,50-,51-,52-,53-;/m0./s1. The summed E-state index contributed by atoms with van der Waals surface area (Å²) >= 11 is 0. The highest BCUT2D eigenvalue weighted by Crippen LogP contribution is 2.33. The molecule has 8 rings (SSSR count). The lowest BCUT2D eigenvalue weighted by Crippen LogP contribution is -2.54. The Hall–Kier alpha value is -11.0. The monoisotopic (exact) mass is 1650 g/mol. The van der Waals surface area contributed by atoms with Crippen LogP contribution >= 0.6 is 10.9 Å². The topological polar surface area (TPSA) is 608 Å². The molecule has 5 atom stereocenters. The van der Waals surface area contributed by atoms with Gasteiger partial charge in [0.15, 0.2) is 11.9 Å². The highest BCUT2D eigenvalue weighted by molar-refractivity contribution is 8.19. The Bertz CT molecular complexity index is 5320. The number of rotatable bonds is 40. The number of pyridine rings is 2. The van der Waals surface area contributed by atoms with Crippen LogP contribution in [0.15, 0.2) is 117 Å². The molecule has 612 valence electrons. The number of aromatic nitrogens is 6. The van der Waals surface area contributed by atoms with Gasteiger partial charge in [-0.1, -0.05) is 55.0 Å². The van der Waals surface area contributed by atoms with Crippen LogP contribution in [0.1, 0.15) is 98.3 Å². The molecule has 6 amide bonds. The van der Waals surface area contributed by atoms with Gasteiger partial charge < -0.3 is 91.2 Å².